The SMILES string of the molecule is OC[C@@H]1O[C@H](n2cnc3c(N4CCCC4)ncnc32)[C@H](O)[C@@H]1O. The molecular weight excluding hydrogens is 302 g/mol. The largest absolute Gasteiger partial charge is 0.394 e. The van der Waals surface area contributed by atoms with Gasteiger partial charge < -0.3 is 25.0 Å². The molecule has 124 valence electrons. The van der Waals surface area contributed by atoms with E-state index in [1.165, 1.54) is 12.7 Å². The first-order chi connectivity index (χ1) is 11.2. The second kappa shape index (κ2) is 5.68. The second-order valence-corrected chi connectivity index (χ2v) is 5.94. The van der Waals surface area contributed by atoms with Gasteiger partial charge in [-0.2, -0.15) is 0 Å². The van der Waals surface area contributed by atoms with E-state index in [9.17, 15) is 15.3 Å². The lowest BCUT2D eigenvalue weighted by Gasteiger charge is -2.18. The molecule has 0 aliphatic carbocycles. The van der Waals surface area contributed by atoms with Crippen molar-refractivity contribution in [2.75, 3.05) is 24.6 Å². The highest BCUT2D eigenvalue weighted by molar-refractivity contribution is 5.83. The molecule has 0 unspecified atom stereocenters. The normalized spacial score (nSPS) is 31.3. The lowest BCUT2D eigenvalue weighted by Crippen LogP contribution is -2.33. The van der Waals surface area contributed by atoms with Gasteiger partial charge in [0.05, 0.1) is 12.9 Å². The van der Waals surface area contributed by atoms with Gasteiger partial charge in [0, 0.05) is 13.1 Å². The van der Waals surface area contributed by atoms with Crippen LogP contribution < -0.4 is 4.90 Å². The number of anilines is 1. The number of hydrogen-bond acceptors (Lipinski definition) is 8. The zero-order valence-electron chi connectivity index (χ0n) is 12.5. The number of fused-ring (bicyclic) bond motifs is 1. The van der Waals surface area contributed by atoms with Gasteiger partial charge in [0.1, 0.15) is 24.6 Å². The highest BCUT2D eigenvalue weighted by Crippen LogP contribution is 2.33. The van der Waals surface area contributed by atoms with Crippen LogP contribution in [-0.4, -0.2) is 72.8 Å². The topological polar surface area (TPSA) is 117 Å². The highest BCUT2D eigenvalue weighted by atomic mass is 16.6. The molecule has 4 heterocycles. The summed E-state index contributed by atoms with van der Waals surface area (Å²) in [7, 11) is 0. The van der Waals surface area contributed by atoms with Crippen LogP contribution in [0.5, 0.6) is 0 Å². The molecule has 2 aromatic heterocycles. The maximum atomic E-state index is 10.2. The first-order valence-corrected chi connectivity index (χ1v) is 7.75. The van der Waals surface area contributed by atoms with E-state index < -0.39 is 24.5 Å². The number of aliphatic hydroxyl groups excluding tert-OH is 3. The maximum Gasteiger partial charge on any atom is 0.167 e. The standard InChI is InChI=1S/C14H19N5O4/c20-5-8-10(21)11(22)14(23-8)19-7-17-9-12(15-6-16-13(9)19)18-3-1-2-4-18/h6-8,10-11,14,20-22H,1-5H2/t8-,10+,11+,14-/m0/s1. The molecule has 3 N–H and O–H groups in total. The third kappa shape index (κ3) is 2.27. The first kappa shape index (κ1) is 14.8. The average molecular weight is 321 g/mol. The molecule has 2 aliphatic heterocycles. The molecule has 0 bridgehead atoms. The Labute approximate surface area is 132 Å². The molecule has 4 rings (SSSR count). The Morgan fingerprint density at radius 3 is 2.61 bits per heavy atom. The van der Waals surface area contributed by atoms with Gasteiger partial charge in [0.15, 0.2) is 23.2 Å². The molecule has 0 amide bonds. The van der Waals surface area contributed by atoms with E-state index >= 15 is 0 Å². The number of imidazole rings is 1. The van der Waals surface area contributed by atoms with Crippen LogP contribution in [0.25, 0.3) is 11.2 Å². The third-order valence-corrected chi connectivity index (χ3v) is 4.54. The van der Waals surface area contributed by atoms with E-state index in [4.69, 9.17) is 4.74 Å². The number of hydrogen-bond donors (Lipinski definition) is 3. The lowest BCUT2D eigenvalue weighted by atomic mass is 10.1. The van der Waals surface area contributed by atoms with Gasteiger partial charge in [0.2, 0.25) is 0 Å². The van der Waals surface area contributed by atoms with Crippen molar-refractivity contribution < 1.29 is 20.1 Å². The molecule has 0 saturated carbocycles. The van der Waals surface area contributed by atoms with Crippen LogP contribution in [-0.2, 0) is 4.74 Å². The number of nitrogens with zero attached hydrogens (tertiary/aromatic N) is 5. The molecular formula is C14H19N5O4. The average Bonchev–Trinajstić information content (AvgIpc) is 3.28. The van der Waals surface area contributed by atoms with E-state index in [0.29, 0.717) is 11.2 Å². The van der Waals surface area contributed by atoms with E-state index in [1.54, 1.807) is 4.57 Å². The monoisotopic (exact) mass is 321 g/mol. The van der Waals surface area contributed by atoms with Crippen LogP contribution in [0, 0.1) is 0 Å². The Bertz CT molecular complexity index is 702. The summed E-state index contributed by atoms with van der Waals surface area (Å²) in [5.74, 6) is 0.776. The summed E-state index contributed by atoms with van der Waals surface area (Å²) >= 11 is 0. The van der Waals surface area contributed by atoms with Crippen molar-refractivity contribution in [3.8, 4) is 0 Å². The summed E-state index contributed by atoms with van der Waals surface area (Å²) in [6.45, 7) is 1.51. The minimum atomic E-state index is -1.16. The van der Waals surface area contributed by atoms with E-state index in [0.717, 1.165) is 31.7 Å². The number of rotatable bonds is 3. The van der Waals surface area contributed by atoms with Crippen LogP contribution in [0.3, 0.4) is 0 Å². The van der Waals surface area contributed by atoms with Crippen molar-refractivity contribution >= 4 is 17.0 Å². The van der Waals surface area contributed by atoms with E-state index in [1.807, 2.05) is 0 Å². The van der Waals surface area contributed by atoms with Gasteiger partial charge in [-0.15, -0.1) is 0 Å². The summed E-state index contributed by atoms with van der Waals surface area (Å²) in [6.07, 6.45) is 1.27. The first-order valence-electron chi connectivity index (χ1n) is 7.75. The summed E-state index contributed by atoms with van der Waals surface area (Å²) in [4.78, 5) is 15.1. The summed E-state index contributed by atoms with van der Waals surface area (Å²) in [5.41, 5.74) is 1.18. The summed E-state index contributed by atoms with van der Waals surface area (Å²) < 4.78 is 7.14. The summed E-state index contributed by atoms with van der Waals surface area (Å²) in [6, 6.07) is 0. The van der Waals surface area contributed by atoms with Crippen LogP contribution in [0.2, 0.25) is 0 Å². The number of aromatic nitrogens is 4. The Hall–Kier alpha value is -1.81. The predicted octanol–water partition coefficient (Wildman–Crippen LogP) is -0.962. The molecule has 23 heavy (non-hydrogen) atoms. The quantitative estimate of drug-likeness (QED) is 0.662. The fourth-order valence-corrected chi connectivity index (χ4v) is 3.30. The minimum Gasteiger partial charge on any atom is -0.394 e. The molecule has 4 atom stereocenters. The molecule has 9 heteroatoms. The third-order valence-electron chi connectivity index (χ3n) is 4.54. The van der Waals surface area contributed by atoms with Crippen LogP contribution in [0.15, 0.2) is 12.7 Å². The second-order valence-electron chi connectivity index (χ2n) is 5.94. The van der Waals surface area contributed by atoms with Crippen molar-refractivity contribution in [3.05, 3.63) is 12.7 Å². The fourth-order valence-electron chi connectivity index (χ4n) is 3.30. The van der Waals surface area contributed by atoms with E-state index in [-0.39, 0.29) is 6.61 Å². The predicted molar refractivity (Wildman–Crippen MR) is 79.8 cm³/mol. The lowest BCUT2D eigenvalue weighted by molar-refractivity contribution is -0.0511. The number of aliphatic hydroxyl groups is 3. The Morgan fingerprint density at radius 1 is 1.13 bits per heavy atom. The Balaban J connectivity index is 1.73. The van der Waals surface area contributed by atoms with Crippen molar-refractivity contribution in [2.24, 2.45) is 0 Å². The molecule has 0 aromatic carbocycles. The van der Waals surface area contributed by atoms with Crippen molar-refractivity contribution in [3.63, 3.8) is 0 Å². The summed E-state index contributed by atoms with van der Waals surface area (Å²) in [5, 5.41) is 29.3. The Morgan fingerprint density at radius 2 is 1.91 bits per heavy atom. The smallest absolute Gasteiger partial charge is 0.167 e. The van der Waals surface area contributed by atoms with Gasteiger partial charge in [-0.1, -0.05) is 0 Å². The van der Waals surface area contributed by atoms with E-state index in [2.05, 4.69) is 19.9 Å². The maximum absolute atomic E-state index is 10.2. The fraction of sp³-hybridized carbons (Fsp3) is 0.643. The molecule has 2 saturated heterocycles. The van der Waals surface area contributed by atoms with Gasteiger partial charge in [0.25, 0.3) is 0 Å². The van der Waals surface area contributed by atoms with Gasteiger partial charge in [-0.25, -0.2) is 15.0 Å². The van der Waals surface area contributed by atoms with Gasteiger partial charge >= 0.3 is 0 Å². The van der Waals surface area contributed by atoms with Gasteiger partial charge in [-0.05, 0) is 12.8 Å². The molecule has 2 aliphatic rings. The van der Waals surface area contributed by atoms with Gasteiger partial charge in [-0.3, -0.25) is 4.57 Å². The molecule has 2 aromatic rings. The van der Waals surface area contributed by atoms with Crippen molar-refractivity contribution in [1.29, 1.82) is 0 Å². The minimum absolute atomic E-state index is 0.366. The van der Waals surface area contributed by atoms with Crippen LogP contribution in [0.4, 0.5) is 5.82 Å². The van der Waals surface area contributed by atoms with Crippen molar-refractivity contribution in [1.82, 2.24) is 19.5 Å². The van der Waals surface area contributed by atoms with Crippen LogP contribution in [0.1, 0.15) is 19.1 Å². The zero-order chi connectivity index (χ0) is 16.0. The number of ether oxygens (including phenoxy) is 1. The highest BCUT2D eigenvalue weighted by Gasteiger charge is 2.44. The molecule has 9 nitrogen and oxygen atoms in total. The van der Waals surface area contributed by atoms with Crippen molar-refractivity contribution in [2.45, 2.75) is 37.4 Å². The molecule has 0 spiro atoms. The molecule has 2 fully saturated rings. The molecule has 0 radical (unpaired) electrons. The van der Waals surface area contributed by atoms with Crippen LogP contribution >= 0.6 is 0 Å². The Kier molecular flexibility index (Phi) is 3.64. The zero-order valence-corrected chi connectivity index (χ0v) is 12.5.